The van der Waals surface area contributed by atoms with Crippen molar-refractivity contribution >= 4 is 17.9 Å². The van der Waals surface area contributed by atoms with Crippen LogP contribution in [0.15, 0.2) is 60.7 Å². The summed E-state index contributed by atoms with van der Waals surface area (Å²) in [5.74, 6) is -2.05. The Hall–Kier alpha value is -3.39. The van der Waals surface area contributed by atoms with E-state index in [-0.39, 0.29) is 11.9 Å². The molecule has 8 nitrogen and oxygen atoms in total. The summed E-state index contributed by atoms with van der Waals surface area (Å²) < 4.78 is 10.7. The van der Waals surface area contributed by atoms with Gasteiger partial charge in [-0.1, -0.05) is 67.6 Å². The zero-order valence-corrected chi connectivity index (χ0v) is 20.3. The van der Waals surface area contributed by atoms with Gasteiger partial charge in [0.05, 0.1) is 32.3 Å². The average Bonchev–Trinajstić information content (AvgIpc) is 3.28. The van der Waals surface area contributed by atoms with Gasteiger partial charge in [0.1, 0.15) is 6.04 Å². The Bertz CT molecular complexity index is 1010. The molecule has 2 fully saturated rings. The second-order valence-electron chi connectivity index (χ2n) is 8.87. The van der Waals surface area contributed by atoms with Crippen molar-refractivity contribution in [3.8, 4) is 0 Å². The number of esters is 1. The van der Waals surface area contributed by atoms with Crippen LogP contribution in [0.4, 0.5) is 4.79 Å². The predicted molar refractivity (Wildman–Crippen MR) is 131 cm³/mol. The molecule has 2 aliphatic rings. The van der Waals surface area contributed by atoms with E-state index in [1.807, 2.05) is 67.6 Å². The highest BCUT2D eigenvalue weighted by Crippen LogP contribution is 2.50. The summed E-state index contributed by atoms with van der Waals surface area (Å²) in [6.45, 7) is 4.19. The molecular formula is C27H33N3O5. The van der Waals surface area contributed by atoms with Gasteiger partial charge in [0.2, 0.25) is 5.91 Å². The normalized spacial score (nSPS) is 24.2. The Labute approximate surface area is 206 Å². The van der Waals surface area contributed by atoms with Crippen LogP contribution in [0.25, 0.3) is 0 Å². The van der Waals surface area contributed by atoms with Crippen LogP contribution >= 0.6 is 0 Å². The third-order valence-corrected chi connectivity index (χ3v) is 6.79. The number of urea groups is 1. The first-order valence-electron chi connectivity index (χ1n) is 12.2. The van der Waals surface area contributed by atoms with Crippen molar-refractivity contribution in [1.29, 1.82) is 0 Å². The summed E-state index contributed by atoms with van der Waals surface area (Å²) in [7, 11) is 1.35. The van der Waals surface area contributed by atoms with E-state index < -0.39 is 29.9 Å². The third kappa shape index (κ3) is 5.03. The second-order valence-corrected chi connectivity index (χ2v) is 8.87. The largest absolute Gasteiger partial charge is 0.469 e. The SMILES string of the molecule is CCCNC(=O)C1C(c2ccccc2)C(C(=O)OC)C(c2ccccc2)N1C(=O)N1CCOCC1. The first-order chi connectivity index (χ1) is 17.1. The van der Waals surface area contributed by atoms with Crippen LogP contribution in [0.5, 0.6) is 0 Å². The molecule has 0 saturated carbocycles. The molecule has 4 atom stereocenters. The second kappa shape index (κ2) is 11.4. The molecule has 2 aromatic rings. The van der Waals surface area contributed by atoms with Gasteiger partial charge in [0.25, 0.3) is 0 Å². The van der Waals surface area contributed by atoms with Crippen LogP contribution in [-0.4, -0.2) is 73.7 Å². The fourth-order valence-corrected chi connectivity index (χ4v) is 5.20. The van der Waals surface area contributed by atoms with Crippen LogP contribution < -0.4 is 5.32 Å². The molecule has 2 aromatic carbocycles. The van der Waals surface area contributed by atoms with Crippen molar-refractivity contribution in [3.63, 3.8) is 0 Å². The van der Waals surface area contributed by atoms with Gasteiger partial charge in [-0.05, 0) is 17.5 Å². The number of benzene rings is 2. The predicted octanol–water partition coefficient (Wildman–Crippen LogP) is 2.96. The minimum atomic E-state index is -0.881. The van der Waals surface area contributed by atoms with Crippen molar-refractivity contribution in [2.45, 2.75) is 31.3 Å². The van der Waals surface area contributed by atoms with E-state index in [1.165, 1.54) is 7.11 Å². The summed E-state index contributed by atoms with van der Waals surface area (Å²) in [6, 6.07) is 17.1. The summed E-state index contributed by atoms with van der Waals surface area (Å²) in [5, 5.41) is 2.98. The lowest BCUT2D eigenvalue weighted by atomic mass is 9.80. The maximum atomic E-state index is 14.1. The monoisotopic (exact) mass is 479 g/mol. The number of hydrogen-bond acceptors (Lipinski definition) is 5. The highest BCUT2D eigenvalue weighted by Gasteiger charge is 2.58. The molecule has 0 bridgehead atoms. The lowest BCUT2D eigenvalue weighted by Crippen LogP contribution is -2.54. The highest BCUT2D eigenvalue weighted by molar-refractivity contribution is 5.92. The van der Waals surface area contributed by atoms with Crippen molar-refractivity contribution in [2.75, 3.05) is 40.0 Å². The molecule has 4 rings (SSSR count). The Kier molecular flexibility index (Phi) is 8.02. The number of methoxy groups -OCH3 is 1. The zero-order valence-electron chi connectivity index (χ0n) is 20.3. The molecule has 1 N–H and O–H groups in total. The molecule has 2 heterocycles. The summed E-state index contributed by atoms with van der Waals surface area (Å²) >= 11 is 0. The van der Waals surface area contributed by atoms with Gasteiger partial charge in [-0.3, -0.25) is 9.59 Å². The van der Waals surface area contributed by atoms with Crippen LogP contribution in [0.1, 0.15) is 36.4 Å². The van der Waals surface area contributed by atoms with E-state index in [4.69, 9.17) is 9.47 Å². The molecule has 0 spiro atoms. The zero-order chi connectivity index (χ0) is 24.8. The number of nitrogens with one attached hydrogen (secondary N) is 1. The third-order valence-electron chi connectivity index (χ3n) is 6.79. The number of ether oxygens (including phenoxy) is 2. The van der Waals surface area contributed by atoms with Gasteiger partial charge in [-0.2, -0.15) is 0 Å². The number of carbonyl (C=O) groups excluding carboxylic acids is 3. The molecule has 35 heavy (non-hydrogen) atoms. The average molecular weight is 480 g/mol. The van der Waals surface area contributed by atoms with E-state index in [0.717, 1.165) is 17.5 Å². The Morgan fingerprint density at radius 3 is 2.14 bits per heavy atom. The Morgan fingerprint density at radius 1 is 0.971 bits per heavy atom. The smallest absolute Gasteiger partial charge is 0.321 e. The maximum Gasteiger partial charge on any atom is 0.321 e. The number of likely N-dealkylation sites (tertiary alicyclic amines) is 1. The molecule has 3 amide bonds. The van der Waals surface area contributed by atoms with Crippen LogP contribution in [-0.2, 0) is 19.1 Å². The van der Waals surface area contributed by atoms with Crippen molar-refractivity contribution < 1.29 is 23.9 Å². The van der Waals surface area contributed by atoms with Gasteiger partial charge in [0, 0.05) is 25.6 Å². The summed E-state index contributed by atoms with van der Waals surface area (Å²) in [4.78, 5) is 44.5. The van der Waals surface area contributed by atoms with E-state index in [2.05, 4.69) is 5.32 Å². The summed E-state index contributed by atoms with van der Waals surface area (Å²) in [5.41, 5.74) is 1.61. The molecule has 0 radical (unpaired) electrons. The molecule has 8 heteroatoms. The van der Waals surface area contributed by atoms with E-state index >= 15 is 0 Å². The number of morpholine rings is 1. The molecule has 2 aliphatic heterocycles. The fourth-order valence-electron chi connectivity index (χ4n) is 5.20. The molecule has 0 aromatic heterocycles. The molecule has 0 aliphatic carbocycles. The first kappa shape index (κ1) is 24.7. The summed E-state index contributed by atoms with van der Waals surface area (Å²) in [6.07, 6.45) is 0.758. The fraction of sp³-hybridized carbons (Fsp3) is 0.444. The molecular weight excluding hydrogens is 446 g/mol. The number of amides is 3. The minimum absolute atomic E-state index is 0.269. The Balaban J connectivity index is 1.90. The van der Waals surface area contributed by atoms with Gasteiger partial charge in [0.15, 0.2) is 0 Å². The number of hydrogen-bond donors (Lipinski definition) is 1. The topological polar surface area (TPSA) is 88.2 Å². The number of carbonyl (C=O) groups is 3. The van der Waals surface area contributed by atoms with Gasteiger partial charge >= 0.3 is 12.0 Å². The van der Waals surface area contributed by atoms with Crippen LogP contribution in [0, 0.1) is 5.92 Å². The number of rotatable bonds is 6. The lowest BCUT2D eigenvalue weighted by Gasteiger charge is -2.37. The van der Waals surface area contributed by atoms with E-state index in [0.29, 0.717) is 32.8 Å². The standard InChI is InChI=1S/C27H33N3O5/c1-3-14-28-25(31)24-21(19-10-6-4-7-11-19)22(26(32)34-2)23(20-12-8-5-9-13-20)30(24)27(33)29-15-17-35-18-16-29/h4-13,21-24H,3,14-18H2,1-2H3,(H,28,31). The van der Waals surface area contributed by atoms with Gasteiger partial charge in [-0.25, -0.2) is 4.79 Å². The molecule has 2 saturated heterocycles. The van der Waals surface area contributed by atoms with E-state index in [9.17, 15) is 14.4 Å². The van der Waals surface area contributed by atoms with Gasteiger partial charge in [-0.15, -0.1) is 0 Å². The van der Waals surface area contributed by atoms with Crippen molar-refractivity contribution in [2.24, 2.45) is 5.92 Å². The highest BCUT2D eigenvalue weighted by atomic mass is 16.5. The first-order valence-corrected chi connectivity index (χ1v) is 12.2. The molecule has 186 valence electrons. The van der Waals surface area contributed by atoms with Crippen molar-refractivity contribution in [3.05, 3.63) is 71.8 Å². The quantitative estimate of drug-likeness (QED) is 0.644. The minimum Gasteiger partial charge on any atom is -0.469 e. The van der Waals surface area contributed by atoms with Gasteiger partial charge < -0.3 is 24.6 Å². The van der Waals surface area contributed by atoms with Crippen LogP contribution in [0.2, 0.25) is 0 Å². The lowest BCUT2D eigenvalue weighted by molar-refractivity contribution is -0.146. The maximum absolute atomic E-state index is 14.1. The van der Waals surface area contributed by atoms with E-state index in [1.54, 1.807) is 9.80 Å². The Morgan fingerprint density at radius 2 is 1.57 bits per heavy atom. The van der Waals surface area contributed by atoms with Crippen LogP contribution in [0.3, 0.4) is 0 Å². The number of nitrogens with zero attached hydrogens (tertiary/aromatic N) is 2. The molecule has 4 unspecified atom stereocenters. The van der Waals surface area contributed by atoms with Crippen molar-refractivity contribution in [1.82, 2.24) is 15.1 Å².